The number of nitrogen functional groups attached to an aromatic ring is 1. The van der Waals surface area contributed by atoms with Crippen LogP contribution in [0.2, 0.25) is 10.0 Å². The molecule has 1 heterocycles. The van der Waals surface area contributed by atoms with Crippen molar-refractivity contribution in [3.8, 4) is 5.69 Å². The van der Waals surface area contributed by atoms with E-state index < -0.39 is 11.7 Å². The fourth-order valence-electron chi connectivity index (χ4n) is 3.90. The summed E-state index contributed by atoms with van der Waals surface area (Å²) in [5.41, 5.74) is 7.35. The first kappa shape index (κ1) is 21.3. The number of halogens is 5. The molecule has 28 heavy (non-hydrogen) atoms. The summed E-state index contributed by atoms with van der Waals surface area (Å²) in [5, 5.41) is 4.39. The molecule has 2 N–H and O–H groups in total. The fraction of sp³-hybridized carbons (Fsp3) is 0.550. The smallest absolute Gasteiger partial charge is 0.383 e. The van der Waals surface area contributed by atoms with Gasteiger partial charge < -0.3 is 5.73 Å². The zero-order valence-electron chi connectivity index (χ0n) is 16.3. The third-order valence-corrected chi connectivity index (χ3v) is 6.58. The van der Waals surface area contributed by atoms with E-state index in [9.17, 15) is 13.2 Å². The van der Waals surface area contributed by atoms with Gasteiger partial charge in [-0.05, 0) is 50.2 Å². The molecule has 1 saturated carbocycles. The Balaban J connectivity index is 2.08. The molecule has 3 nitrogen and oxygen atoms in total. The molecule has 1 aliphatic carbocycles. The van der Waals surface area contributed by atoms with Crippen molar-refractivity contribution >= 4 is 29.0 Å². The van der Waals surface area contributed by atoms with Gasteiger partial charge in [0.25, 0.3) is 0 Å². The Hall–Kier alpha value is -1.40. The standard InChI is InChI=1S/C20H24Cl2F3N3/c1-11-16(19(4)7-5-18(2,3)6-8-19)27-28(17(11)26)15-13(21)9-12(10-14(15)22)20(23,24)25/h9-10H,5-8,26H2,1-4H3. The Morgan fingerprint density at radius 1 is 1.04 bits per heavy atom. The van der Waals surface area contributed by atoms with Crippen molar-refractivity contribution in [2.45, 2.75) is 65.0 Å². The lowest BCUT2D eigenvalue weighted by Gasteiger charge is -2.40. The van der Waals surface area contributed by atoms with E-state index in [2.05, 4.69) is 25.9 Å². The second-order valence-corrected chi connectivity index (χ2v) is 9.60. The summed E-state index contributed by atoms with van der Waals surface area (Å²) in [6, 6.07) is 1.70. The molecule has 0 bridgehead atoms. The van der Waals surface area contributed by atoms with Crippen LogP contribution in [-0.4, -0.2) is 9.78 Å². The predicted molar refractivity (Wildman–Crippen MR) is 107 cm³/mol. The van der Waals surface area contributed by atoms with E-state index in [0.29, 0.717) is 11.2 Å². The Bertz CT molecular complexity index is 883. The summed E-state index contributed by atoms with van der Waals surface area (Å²) in [4.78, 5) is 0. The van der Waals surface area contributed by atoms with Gasteiger partial charge in [0.15, 0.2) is 0 Å². The van der Waals surface area contributed by atoms with Crippen molar-refractivity contribution in [2.75, 3.05) is 5.73 Å². The maximum absolute atomic E-state index is 13.0. The molecule has 154 valence electrons. The zero-order valence-corrected chi connectivity index (χ0v) is 17.9. The maximum Gasteiger partial charge on any atom is 0.416 e. The number of aromatic nitrogens is 2. The largest absolute Gasteiger partial charge is 0.416 e. The molecule has 1 fully saturated rings. The third-order valence-electron chi connectivity index (χ3n) is 6.00. The molecular formula is C20H24Cl2F3N3. The molecule has 1 aromatic carbocycles. The van der Waals surface area contributed by atoms with Gasteiger partial charge in [-0.3, -0.25) is 0 Å². The monoisotopic (exact) mass is 433 g/mol. The fourth-order valence-corrected chi connectivity index (χ4v) is 4.55. The van der Waals surface area contributed by atoms with Crippen molar-refractivity contribution in [3.63, 3.8) is 0 Å². The van der Waals surface area contributed by atoms with E-state index >= 15 is 0 Å². The van der Waals surface area contributed by atoms with Gasteiger partial charge in [0, 0.05) is 11.0 Å². The molecule has 3 rings (SSSR count). The lowest BCUT2D eigenvalue weighted by atomic mass is 9.64. The molecule has 0 unspecified atom stereocenters. The predicted octanol–water partition coefficient (Wildman–Crippen LogP) is 6.95. The second kappa shape index (κ2) is 6.84. The first-order chi connectivity index (χ1) is 12.8. The van der Waals surface area contributed by atoms with E-state index in [4.69, 9.17) is 28.9 Å². The van der Waals surface area contributed by atoms with Crippen LogP contribution in [-0.2, 0) is 11.6 Å². The van der Waals surface area contributed by atoms with Gasteiger partial charge in [0.2, 0.25) is 0 Å². The number of alkyl halides is 3. The normalized spacial score (nSPS) is 19.0. The van der Waals surface area contributed by atoms with E-state index in [1.54, 1.807) is 0 Å². The van der Waals surface area contributed by atoms with Crippen LogP contribution in [0.5, 0.6) is 0 Å². The van der Waals surface area contributed by atoms with Gasteiger partial charge in [-0.15, -0.1) is 0 Å². The van der Waals surface area contributed by atoms with Gasteiger partial charge in [-0.2, -0.15) is 18.3 Å². The molecule has 0 amide bonds. The number of hydrogen-bond acceptors (Lipinski definition) is 2. The van der Waals surface area contributed by atoms with Gasteiger partial charge in [-0.25, -0.2) is 4.68 Å². The lowest BCUT2D eigenvalue weighted by molar-refractivity contribution is -0.137. The van der Waals surface area contributed by atoms with Crippen molar-refractivity contribution in [1.82, 2.24) is 9.78 Å². The highest BCUT2D eigenvalue weighted by molar-refractivity contribution is 6.38. The van der Waals surface area contributed by atoms with E-state index in [1.807, 2.05) is 6.92 Å². The topological polar surface area (TPSA) is 43.8 Å². The van der Waals surface area contributed by atoms with Crippen molar-refractivity contribution in [1.29, 1.82) is 0 Å². The Labute approximate surface area is 173 Å². The minimum absolute atomic E-state index is 0.143. The average Bonchev–Trinajstić information content (AvgIpc) is 2.86. The molecule has 0 spiro atoms. The minimum Gasteiger partial charge on any atom is -0.383 e. The van der Waals surface area contributed by atoms with Gasteiger partial charge in [0.05, 0.1) is 21.3 Å². The van der Waals surface area contributed by atoms with Crippen LogP contribution < -0.4 is 5.73 Å². The first-order valence-electron chi connectivity index (χ1n) is 9.17. The lowest BCUT2D eigenvalue weighted by Crippen LogP contribution is -2.33. The highest BCUT2D eigenvalue weighted by atomic mass is 35.5. The van der Waals surface area contributed by atoms with Gasteiger partial charge in [-0.1, -0.05) is 44.0 Å². The van der Waals surface area contributed by atoms with Crippen molar-refractivity contribution in [2.24, 2.45) is 5.41 Å². The summed E-state index contributed by atoms with van der Waals surface area (Å²) in [6.07, 6.45) is -0.475. The third kappa shape index (κ3) is 3.73. The van der Waals surface area contributed by atoms with E-state index in [0.717, 1.165) is 49.1 Å². The number of nitrogens with two attached hydrogens (primary N) is 1. The molecule has 1 aromatic heterocycles. The number of nitrogens with zero attached hydrogens (tertiary/aromatic N) is 2. The van der Waals surface area contributed by atoms with E-state index in [-0.39, 0.29) is 21.1 Å². The highest BCUT2D eigenvalue weighted by Crippen LogP contribution is 2.48. The average molecular weight is 434 g/mol. The SMILES string of the molecule is Cc1c(C2(C)CCC(C)(C)CC2)nn(-c2c(Cl)cc(C(F)(F)F)cc2Cl)c1N. The van der Waals surface area contributed by atoms with Crippen molar-refractivity contribution < 1.29 is 13.2 Å². The maximum atomic E-state index is 13.0. The zero-order chi connectivity index (χ0) is 21.1. The minimum atomic E-state index is -4.54. The van der Waals surface area contributed by atoms with Gasteiger partial charge >= 0.3 is 6.18 Å². The molecule has 0 saturated heterocycles. The number of anilines is 1. The number of hydrogen-bond donors (Lipinski definition) is 1. The van der Waals surface area contributed by atoms with Crippen LogP contribution in [0.4, 0.5) is 19.0 Å². The summed E-state index contributed by atoms with van der Waals surface area (Å²) >= 11 is 12.3. The van der Waals surface area contributed by atoms with Crippen LogP contribution >= 0.6 is 23.2 Å². The summed E-state index contributed by atoms with van der Waals surface area (Å²) in [5.74, 6) is 0.338. The van der Waals surface area contributed by atoms with Crippen LogP contribution in [0.25, 0.3) is 5.69 Å². The molecule has 0 atom stereocenters. The van der Waals surface area contributed by atoms with Crippen LogP contribution in [0.15, 0.2) is 12.1 Å². The number of benzene rings is 1. The molecule has 2 aromatic rings. The van der Waals surface area contributed by atoms with Crippen LogP contribution in [0.1, 0.15) is 63.3 Å². The number of rotatable bonds is 2. The molecule has 1 aliphatic rings. The van der Waals surface area contributed by atoms with Crippen molar-refractivity contribution in [3.05, 3.63) is 39.0 Å². The summed E-state index contributed by atoms with van der Waals surface area (Å²) in [7, 11) is 0. The van der Waals surface area contributed by atoms with E-state index in [1.165, 1.54) is 4.68 Å². The Kier molecular flexibility index (Phi) is 5.20. The summed E-state index contributed by atoms with van der Waals surface area (Å²) < 4.78 is 40.4. The van der Waals surface area contributed by atoms with Gasteiger partial charge in [0.1, 0.15) is 11.5 Å². The molecule has 0 aliphatic heterocycles. The quantitative estimate of drug-likeness (QED) is 0.556. The molecule has 0 radical (unpaired) electrons. The Morgan fingerprint density at radius 3 is 2.00 bits per heavy atom. The first-order valence-corrected chi connectivity index (χ1v) is 9.93. The second-order valence-electron chi connectivity index (χ2n) is 8.78. The molecular weight excluding hydrogens is 410 g/mol. The Morgan fingerprint density at radius 2 is 1.54 bits per heavy atom. The van der Waals surface area contributed by atoms with Crippen LogP contribution in [0.3, 0.4) is 0 Å². The summed E-state index contributed by atoms with van der Waals surface area (Å²) in [6.45, 7) is 8.56. The van der Waals surface area contributed by atoms with Crippen LogP contribution in [0, 0.1) is 12.3 Å². The molecule has 8 heteroatoms. The highest BCUT2D eigenvalue weighted by Gasteiger charge is 2.40.